The van der Waals surface area contributed by atoms with Crippen LogP contribution in [0.4, 0.5) is 0 Å². The maximum atomic E-state index is 4.25. The number of hydrogen-bond acceptors (Lipinski definition) is 3. The van der Waals surface area contributed by atoms with E-state index in [9.17, 15) is 0 Å². The summed E-state index contributed by atoms with van der Waals surface area (Å²) in [7, 11) is 0. The first-order chi connectivity index (χ1) is 7.75. The average Bonchev–Trinajstić information content (AvgIpc) is 2.80. The van der Waals surface area contributed by atoms with Crippen LogP contribution in [0, 0.1) is 6.92 Å². The molecule has 1 heterocycles. The molecule has 0 aliphatic carbocycles. The van der Waals surface area contributed by atoms with E-state index in [1.807, 2.05) is 11.6 Å². The van der Waals surface area contributed by atoms with E-state index in [0.717, 1.165) is 11.6 Å². The molecule has 1 atom stereocenters. The summed E-state index contributed by atoms with van der Waals surface area (Å²) in [5, 5.41) is 6.61. The summed E-state index contributed by atoms with van der Waals surface area (Å²) < 4.78 is 0. The summed E-state index contributed by atoms with van der Waals surface area (Å²) in [6, 6.07) is 9.02. The number of nitrogens with zero attached hydrogens (tertiary/aromatic N) is 1. The number of rotatable bonds is 4. The van der Waals surface area contributed by atoms with Gasteiger partial charge in [-0.3, -0.25) is 0 Å². The second-order valence-corrected chi connectivity index (χ2v) is 4.92. The van der Waals surface area contributed by atoms with E-state index in [2.05, 4.69) is 48.4 Å². The Morgan fingerprint density at radius 1 is 1.31 bits per heavy atom. The molecule has 0 aliphatic heterocycles. The quantitative estimate of drug-likeness (QED) is 0.875. The summed E-state index contributed by atoms with van der Waals surface area (Å²) in [6.45, 7) is 5.13. The molecule has 2 aromatic rings. The van der Waals surface area contributed by atoms with E-state index in [0.29, 0.717) is 6.04 Å². The highest BCUT2D eigenvalue weighted by atomic mass is 32.1. The predicted molar refractivity (Wildman–Crippen MR) is 68.5 cm³/mol. The number of aryl methyl sites for hydroxylation is 1. The molecule has 0 fully saturated rings. The molecule has 0 bridgehead atoms. The minimum atomic E-state index is 0.365. The molecule has 0 saturated carbocycles. The zero-order valence-corrected chi connectivity index (χ0v) is 10.4. The number of aromatic nitrogens is 1. The molecule has 84 valence electrons. The van der Waals surface area contributed by atoms with Gasteiger partial charge in [-0.05, 0) is 19.4 Å². The molecule has 16 heavy (non-hydrogen) atoms. The largest absolute Gasteiger partial charge is 0.304 e. The molecule has 1 aromatic heterocycles. The molecule has 1 N–H and O–H groups in total. The van der Waals surface area contributed by atoms with Gasteiger partial charge in [-0.1, -0.05) is 29.8 Å². The van der Waals surface area contributed by atoms with Crippen LogP contribution in [0.1, 0.15) is 29.1 Å². The van der Waals surface area contributed by atoms with Crippen molar-refractivity contribution in [2.75, 3.05) is 0 Å². The van der Waals surface area contributed by atoms with Crippen molar-refractivity contribution in [1.82, 2.24) is 10.3 Å². The van der Waals surface area contributed by atoms with Crippen LogP contribution in [0.15, 0.2) is 35.8 Å². The Morgan fingerprint density at radius 3 is 2.69 bits per heavy atom. The summed E-state index contributed by atoms with van der Waals surface area (Å²) in [5.41, 5.74) is 2.62. The van der Waals surface area contributed by atoms with Gasteiger partial charge in [0.15, 0.2) is 0 Å². The van der Waals surface area contributed by atoms with Crippen LogP contribution in [0.2, 0.25) is 0 Å². The fraction of sp³-hybridized carbons (Fsp3) is 0.308. The molecule has 3 heteroatoms. The van der Waals surface area contributed by atoms with Crippen LogP contribution in [0.3, 0.4) is 0 Å². The number of thiazole rings is 1. The van der Waals surface area contributed by atoms with Crippen molar-refractivity contribution in [2.45, 2.75) is 26.4 Å². The SMILES string of the molecule is Cc1ccc([C@@H](C)NCc2nccs2)cc1. The molecule has 2 nitrogen and oxygen atoms in total. The third-order valence-electron chi connectivity index (χ3n) is 2.62. The Morgan fingerprint density at radius 2 is 2.06 bits per heavy atom. The minimum Gasteiger partial charge on any atom is -0.304 e. The summed E-state index contributed by atoms with van der Waals surface area (Å²) in [6.07, 6.45) is 1.85. The number of nitrogens with one attached hydrogen (secondary N) is 1. The van der Waals surface area contributed by atoms with Gasteiger partial charge in [0.2, 0.25) is 0 Å². The Hall–Kier alpha value is -1.19. The molecule has 0 amide bonds. The zero-order chi connectivity index (χ0) is 11.4. The van der Waals surface area contributed by atoms with Crippen molar-refractivity contribution in [2.24, 2.45) is 0 Å². The standard InChI is InChI=1S/C13H16N2S/c1-10-3-5-12(6-4-10)11(2)15-9-13-14-7-8-16-13/h3-8,11,15H,9H2,1-2H3/t11-/m1/s1. The van der Waals surface area contributed by atoms with E-state index < -0.39 is 0 Å². The monoisotopic (exact) mass is 232 g/mol. The second kappa shape index (κ2) is 5.23. The third-order valence-corrected chi connectivity index (χ3v) is 3.40. The van der Waals surface area contributed by atoms with Gasteiger partial charge in [0, 0.05) is 24.2 Å². The van der Waals surface area contributed by atoms with Crippen molar-refractivity contribution < 1.29 is 0 Å². The summed E-state index contributed by atoms with van der Waals surface area (Å²) >= 11 is 1.69. The van der Waals surface area contributed by atoms with Crippen molar-refractivity contribution in [3.05, 3.63) is 52.0 Å². The normalized spacial score (nSPS) is 12.6. The first kappa shape index (κ1) is 11.3. The van der Waals surface area contributed by atoms with Gasteiger partial charge >= 0.3 is 0 Å². The van der Waals surface area contributed by atoms with Crippen molar-refractivity contribution in [1.29, 1.82) is 0 Å². The maximum Gasteiger partial charge on any atom is 0.106 e. The van der Waals surface area contributed by atoms with Crippen molar-refractivity contribution >= 4 is 11.3 Å². The number of benzene rings is 1. The Balaban J connectivity index is 1.93. The van der Waals surface area contributed by atoms with Crippen molar-refractivity contribution in [3.8, 4) is 0 Å². The lowest BCUT2D eigenvalue weighted by Crippen LogP contribution is -2.17. The van der Waals surface area contributed by atoms with E-state index in [1.54, 1.807) is 11.3 Å². The van der Waals surface area contributed by atoms with Gasteiger partial charge in [0.05, 0.1) is 0 Å². The molecule has 0 spiro atoms. The van der Waals surface area contributed by atoms with Gasteiger partial charge in [0.1, 0.15) is 5.01 Å². The fourth-order valence-electron chi connectivity index (χ4n) is 1.55. The molecule has 2 rings (SSSR count). The minimum absolute atomic E-state index is 0.365. The van der Waals surface area contributed by atoms with Gasteiger partial charge in [0.25, 0.3) is 0 Å². The fourth-order valence-corrected chi connectivity index (χ4v) is 2.12. The molecule has 0 radical (unpaired) electrons. The first-order valence-corrected chi connectivity index (χ1v) is 6.32. The number of hydrogen-bond donors (Lipinski definition) is 1. The van der Waals surface area contributed by atoms with Crippen LogP contribution in [0.25, 0.3) is 0 Å². The maximum absolute atomic E-state index is 4.25. The van der Waals surface area contributed by atoms with E-state index in [1.165, 1.54) is 11.1 Å². The van der Waals surface area contributed by atoms with Gasteiger partial charge < -0.3 is 5.32 Å². The van der Waals surface area contributed by atoms with Gasteiger partial charge in [-0.2, -0.15) is 0 Å². The van der Waals surface area contributed by atoms with Crippen LogP contribution in [-0.4, -0.2) is 4.98 Å². The van der Waals surface area contributed by atoms with Crippen LogP contribution in [0.5, 0.6) is 0 Å². The highest BCUT2D eigenvalue weighted by molar-refractivity contribution is 7.09. The lowest BCUT2D eigenvalue weighted by Gasteiger charge is -2.13. The highest BCUT2D eigenvalue weighted by Crippen LogP contribution is 2.14. The third kappa shape index (κ3) is 2.90. The zero-order valence-electron chi connectivity index (χ0n) is 9.60. The van der Waals surface area contributed by atoms with Crippen LogP contribution < -0.4 is 5.32 Å². The molecule has 0 saturated heterocycles. The lowest BCUT2D eigenvalue weighted by atomic mass is 10.1. The molecule has 0 aliphatic rings. The van der Waals surface area contributed by atoms with E-state index in [-0.39, 0.29) is 0 Å². The first-order valence-electron chi connectivity index (χ1n) is 5.44. The smallest absolute Gasteiger partial charge is 0.106 e. The highest BCUT2D eigenvalue weighted by Gasteiger charge is 2.04. The van der Waals surface area contributed by atoms with Gasteiger partial charge in [-0.25, -0.2) is 4.98 Å². The van der Waals surface area contributed by atoms with Crippen LogP contribution in [-0.2, 0) is 6.54 Å². The van der Waals surface area contributed by atoms with Crippen LogP contribution >= 0.6 is 11.3 Å². The van der Waals surface area contributed by atoms with E-state index in [4.69, 9.17) is 0 Å². The topological polar surface area (TPSA) is 24.9 Å². The molecule has 1 aromatic carbocycles. The Kier molecular flexibility index (Phi) is 3.70. The summed E-state index contributed by atoms with van der Waals surface area (Å²) in [5.74, 6) is 0. The summed E-state index contributed by atoms with van der Waals surface area (Å²) in [4.78, 5) is 4.25. The molecular formula is C13H16N2S. The van der Waals surface area contributed by atoms with Crippen molar-refractivity contribution in [3.63, 3.8) is 0 Å². The lowest BCUT2D eigenvalue weighted by molar-refractivity contribution is 0.573. The predicted octanol–water partition coefficient (Wildman–Crippen LogP) is 3.30. The van der Waals surface area contributed by atoms with E-state index >= 15 is 0 Å². The Bertz CT molecular complexity index is 420. The Labute approximate surface area is 100 Å². The average molecular weight is 232 g/mol. The van der Waals surface area contributed by atoms with Gasteiger partial charge in [-0.15, -0.1) is 11.3 Å². The molecular weight excluding hydrogens is 216 g/mol. The second-order valence-electron chi connectivity index (χ2n) is 3.94. The molecule has 0 unspecified atom stereocenters.